The van der Waals surface area contributed by atoms with Gasteiger partial charge in [0.1, 0.15) is 11.6 Å². The smallest absolute Gasteiger partial charge is 0.255 e. The molecule has 4 heterocycles. The van der Waals surface area contributed by atoms with Gasteiger partial charge in [-0.25, -0.2) is 9.97 Å². The maximum Gasteiger partial charge on any atom is 0.255 e. The van der Waals surface area contributed by atoms with E-state index in [1.54, 1.807) is 0 Å². The highest BCUT2D eigenvalue weighted by Gasteiger charge is 2.23. The number of hydrogen-bond donors (Lipinski definition) is 1. The minimum Gasteiger partial charge on any atom is -0.356 e. The van der Waals surface area contributed by atoms with Gasteiger partial charge in [-0.1, -0.05) is 17.7 Å². The number of nitrogens with one attached hydrogen (secondary N) is 1. The Hall–Kier alpha value is -2.70. The van der Waals surface area contributed by atoms with Crippen molar-refractivity contribution in [3.8, 4) is 11.4 Å². The van der Waals surface area contributed by atoms with Crippen LogP contribution < -0.4 is 10.5 Å². The van der Waals surface area contributed by atoms with Gasteiger partial charge in [0.25, 0.3) is 5.56 Å². The maximum atomic E-state index is 12.9. The largest absolute Gasteiger partial charge is 0.356 e. The quantitative estimate of drug-likeness (QED) is 0.670. The van der Waals surface area contributed by atoms with Gasteiger partial charge in [0.15, 0.2) is 0 Å². The molecular weight excluding hydrogens is 410 g/mol. The summed E-state index contributed by atoms with van der Waals surface area (Å²) in [6.07, 6.45) is 6.40. The number of halogens is 1. The van der Waals surface area contributed by atoms with Crippen molar-refractivity contribution in [3.63, 3.8) is 0 Å². The predicted octanol–water partition coefficient (Wildman–Crippen LogP) is 4.03. The minimum absolute atomic E-state index is 0.0536. The molecule has 0 aliphatic carbocycles. The summed E-state index contributed by atoms with van der Waals surface area (Å²) in [5, 5.41) is 0.666. The molecule has 0 atom stereocenters. The first-order valence-corrected chi connectivity index (χ1v) is 11.3. The Morgan fingerprint density at radius 2 is 1.84 bits per heavy atom. The molecule has 2 aliphatic heterocycles. The Kier molecular flexibility index (Phi) is 5.74. The molecule has 0 unspecified atom stereocenters. The van der Waals surface area contributed by atoms with Crippen LogP contribution in [0.25, 0.3) is 11.4 Å². The highest BCUT2D eigenvalue weighted by molar-refractivity contribution is 6.30. The van der Waals surface area contributed by atoms with E-state index in [2.05, 4.69) is 20.9 Å². The molecule has 0 spiro atoms. The Bertz CT molecular complexity index is 1120. The minimum atomic E-state index is -0.0536. The van der Waals surface area contributed by atoms with Crippen LogP contribution in [0, 0.1) is 0 Å². The van der Waals surface area contributed by atoms with E-state index >= 15 is 0 Å². The average molecular weight is 436 g/mol. The van der Waals surface area contributed by atoms with Crippen LogP contribution in [0.4, 0.5) is 5.82 Å². The van der Waals surface area contributed by atoms with Gasteiger partial charge in [-0.15, -0.1) is 0 Å². The molecular formula is C24H26ClN5O. The first-order valence-electron chi connectivity index (χ1n) is 11.0. The van der Waals surface area contributed by atoms with E-state index in [1.165, 1.54) is 24.8 Å². The van der Waals surface area contributed by atoms with E-state index in [0.717, 1.165) is 55.2 Å². The number of benzene rings is 1. The third-order valence-corrected chi connectivity index (χ3v) is 6.43. The van der Waals surface area contributed by atoms with Crippen LogP contribution in [0.3, 0.4) is 0 Å². The van der Waals surface area contributed by atoms with Crippen molar-refractivity contribution in [2.45, 2.75) is 38.8 Å². The van der Waals surface area contributed by atoms with Crippen LogP contribution in [-0.2, 0) is 19.5 Å². The number of piperidine rings is 1. The van der Waals surface area contributed by atoms with E-state index in [-0.39, 0.29) is 5.56 Å². The van der Waals surface area contributed by atoms with Crippen LogP contribution in [0.2, 0.25) is 5.02 Å². The molecule has 31 heavy (non-hydrogen) atoms. The van der Waals surface area contributed by atoms with Crippen LogP contribution >= 0.6 is 11.6 Å². The number of aromatic amines is 1. The van der Waals surface area contributed by atoms with Crippen molar-refractivity contribution < 1.29 is 0 Å². The van der Waals surface area contributed by atoms with Crippen molar-refractivity contribution in [1.82, 2.24) is 19.9 Å². The van der Waals surface area contributed by atoms with Crippen molar-refractivity contribution >= 4 is 17.4 Å². The second kappa shape index (κ2) is 8.81. The van der Waals surface area contributed by atoms with E-state index in [4.69, 9.17) is 21.6 Å². The first-order chi connectivity index (χ1) is 15.2. The fourth-order valence-electron chi connectivity index (χ4n) is 4.55. The molecule has 2 aliphatic rings. The highest BCUT2D eigenvalue weighted by atomic mass is 35.5. The van der Waals surface area contributed by atoms with Crippen molar-refractivity contribution in [2.75, 3.05) is 24.5 Å². The number of hydrogen-bond acceptors (Lipinski definition) is 5. The van der Waals surface area contributed by atoms with Crippen LogP contribution in [0.5, 0.6) is 0 Å². The normalized spacial score (nSPS) is 16.9. The molecule has 0 saturated carbocycles. The van der Waals surface area contributed by atoms with Crippen LogP contribution in [0.1, 0.15) is 36.1 Å². The number of rotatable bonds is 4. The number of nitrogens with zero attached hydrogens (tertiary/aromatic N) is 4. The lowest BCUT2D eigenvalue weighted by atomic mass is 10.0. The summed E-state index contributed by atoms with van der Waals surface area (Å²) in [7, 11) is 0. The summed E-state index contributed by atoms with van der Waals surface area (Å²) in [5.41, 5.74) is 3.71. The lowest BCUT2D eigenvalue weighted by Gasteiger charge is -2.32. The van der Waals surface area contributed by atoms with Gasteiger partial charge in [-0.2, -0.15) is 0 Å². The zero-order chi connectivity index (χ0) is 21.2. The third kappa shape index (κ3) is 4.36. The fraction of sp³-hybridized carbons (Fsp3) is 0.375. The number of pyridine rings is 1. The van der Waals surface area contributed by atoms with E-state index in [1.807, 2.05) is 36.5 Å². The van der Waals surface area contributed by atoms with Crippen molar-refractivity contribution in [2.24, 2.45) is 0 Å². The van der Waals surface area contributed by atoms with Gasteiger partial charge < -0.3 is 9.88 Å². The molecule has 160 valence electrons. The zero-order valence-electron chi connectivity index (χ0n) is 17.5. The lowest BCUT2D eigenvalue weighted by Crippen LogP contribution is -2.36. The third-order valence-electron chi connectivity index (χ3n) is 6.18. The summed E-state index contributed by atoms with van der Waals surface area (Å²) in [5.74, 6) is 1.70. The second-order valence-electron chi connectivity index (χ2n) is 8.34. The molecule has 0 bridgehead atoms. The standard InChI is InChI=1S/C24H26ClN5O/c25-19-8-6-17(7-9-19)22-27-21-10-14-29(16-20(21)24(31)28-22)15-18-5-4-11-26-23(18)30-12-2-1-3-13-30/h4-9,11H,1-3,10,12-16H2,(H,27,28,31). The second-order valence-corrected chi connectivity index (χ2v) is 8.78. The molecule has 6 nitrogen and oxygen atoms in total. The molecule has 1 aromatic carbocycles. The van der Waals surface area contributed by atoms with Gasteiger partial charge in [-0.05, 0) is 49.6 Å². The van der Waals surface area contributed by atoms with Gasteiger partial charge in [-0.3, -0.25) is 9.69 Å². The molecule has 0 radical (unpaired) electrons. The number of aromatic nitrogens is 3. The van der Waals surface area contributed by atoms with E-state index in [0.29, 0.717) is 17.4 Å². The van der Waals surface area contributed by atoms with Gasteiger partial charge in [0.2, 0.25) is 0 Å². The monoisotopic (exact) mass is 435 g/mol. The SMILES string of the molecule is O=c1[nH]c(-c2ccc(Cl)cc2)nc2c1CN(Cc1cccnc1N1CCCCC1)CC2. The Morgan fingerprint density at radius 3 is 2.65 bits per heavy atom. The molecule has 1 fully saturated rings. The molecule has 7 heteroatoms. The molecule has 3 aromatic rings. The Morgan fingerprint density at radius 1 is 1.03 bits per heavy atom. The predicted molar refractivity (Wildman–Crippen MR) is 123 cm³/mol. The maximum absolute atomic E-state index is 12.9. The molecule has 5 rings (SSSR count). The molecule has 1 N–H and O–H groups in total. The average Bonchev–Trinajstić information content (AvgIpc) is 2.81. The fourth-order valence-corrected chi connectivity index (χ4v) is 4.67. The highest BCUT2D eigenvalue weighted by Crippen LogP contribution is 2.25. The number of H-pyrrole nitrogens is 1. The van der Waals surface area contributed by atoms with E-state index in [9.17, 15) is 4.79 Å². The number of anilines is 1. The van der Waals surface area contributed by atoms with Gasteiger partial charge in [0.05, 0.1) is 11.3 Å². The lowest BCUT2D eigenvalue weighted by molar-refractivity contribution is 0.241. The van der Waals surface area contributed by atoms with E-state index < -0.39 is 0 Å². The van der Waals surface area contributed by atoms with Crippen molar-refractivity contribution in [1.29, 1.82) is 0 Å². The van der Waals surface area contributed by atoms with Gasteiger partial charge in [0, 0.05) is 61.5 Å². The van der Waals surface area contributed by atoms with Gasteiger partial charge >= 0.3 is 0 Å². The molecule has 1 saturated heterocycles. The Balaban J connectivity index is 1.36. The van der Waals surface area contributed by atoms with Crippen LogP contribution in [0.15, 0.2) is 47.4 Å². The van der Waals surface area contributed by atoms with Crippen molar-refractivity contribution in [3.05, 3.63) is 74.8 Å². The summed E-state index contributed by atoms with van der Waals surface area (Å²) < 4.78 is 0. The Labute approximate surface area is 186 Å². The first kappa shape index (κ1) is 20.2. The summed E-state index contributed by atoms with van der Waals surface area (Å²) in [6.45, 7) is 4.41. The summed E-state index contributed by atoms with van der Waals surface area (Å²) in [6, 6.07) is 11.6. The molecule has 0 amide bonds. The summed E-state index contributed by atoms with van der Waals surface area (Å²) >= 11 is 5.98. The van der Waals surface area contributed by atoms with Crippen LogP contribution in [-0.4, -0.2) is 39.5 Å². The molecule has 2 aromatic heterocycles. The summed E-state index contributed by atoms with van der Waals surface area (Å²) in [4.78, 5) is 30.0. The zero-order valence-corrected chi connectivity index (χ0v) is 18.2. The topological polar surface area (TPSA) is 65.1 Å². The number of fused-ring (bicyclic) bond motifs is 1.